The molecule has 0 aliphatic carbocycles. The van der Waals surface area contributed by atoms with Crippen molar-refractivity contribution in [2.24, 2.45) is 5.92 Å². The van der Waals surface area contributed by atoms with Crippen molar-refractivity contribution in [1.82, 2.24) is 10.3 Å². The van der Waals surface area contributed by atoms with Gasteiger partial charge in [0.25, 0.3) is 5.91 Å². The fourth-order valence-electron chi connectivity index (χ4n) is 3.54. The largest absolute Gasteiger partial charge is 0.493 e. The number of aromatic nitrogens is 1. The van der Waals surface area contributed by atoms with Crippen LogP contribution in [0, 0.1) is 5.92 Å². The average molecular weight is 398 g/mol. The van der Waals surface area contributed by atoms with Crippen molar-refractivity contribution in [2.45, 2.75) is 39.7 Å². The van der Waals surface area contributed by atoms with Crippen molar-refractivity contribution in [2.75, 3.05) is 31.7 Å². The van der Waals surface area contributed by atoms with Gasteiger partial charge in [-0.25, -0.2) is 4.98 Å². The number of methoxy groups -OCH3 is 1. The molecule has 156 valence electrons. The molecule has 1 saturated heterocycles. The minimum Gasteiger partial charge on any atom is -0.493 e. The van der Waals surface area contributed by atoms with Crippen LogP contribution in [0.15, 0.2) is 36.5 Å². The molecule has 2 aromatic rings. The number of anilines is 1. The normalized spacial score (nSPS) is 15.7. The Morgan fingerprint density at radius 2 is 2.00 bits per heavy atom. The summed E-state index contributed by atoms with van der Waals surface area (Å²) >= 11 is 0. The first-order valence-corrected chi connectivity index (χ1v) is 10.3. The van der Waals surface area contributed by atoms with Crippen molar-refractivity contribution in [3.63, 3.8) is 0 Å². The molecule has 6 nitrogen and oxygen atoms in total. The number of carbonyl (C=O) groups is 1. The Balaban J connectivity index is 1.63. The Bertz CT molecular complexity index is 815. The summed E-state index contributed by atoms with van der Waals surface area (Å²) in [6.45, 7) is 8.79. The highest BCUT2D eigenvalue weighted by atomic mass is 16.5. The van der Waals surface area contributed by atoms with Crippen LogP contribution < -0.4 is 19.7 Å². The van der Waals surface area contributed by atoms with Crippen molar-refractivity contribution in [3.8, 4) is 11.5 Å². The molecule has 1 aliphatic heterocycles. The van der Waals surface area contributed by atoms with Crippen LogP contribution in [0.25, 0.3) is 0 Å². The van der Waals surface area contributed by atoms with Gasteiger partial charge in [0.05, 0.1) is 25.3 Å². The zero-order chi connectivity index (χ0) is 20.8. The molecule has 0 saturated carbocycles. The van der Waals surface area contributed by atoms with E-state index in [2.05, 4.69) is 22.1 Å². The molecule has 0 radical (unpaired) electrons. The Morgan fingerprint density at radius 3 is 2.62 bits per heavy atom. The topological polar surface area (TPSA) is 63.7 Å². The molecule has 29 heavy (non-hydrogen) atoms. The molecule has 1 N–H and O–H groups in total. The van der Waals surface area contributed by atoms with Crippen LogP contribution in [0.5, 0.6) is 11.5 Å². The van der Waals surface area contributed by atoms with Crippen molar-refractivity contribution < 1.29 is 14.3 Å². The molecule has 0 bridgehead atoms. The highest BCUT2D eigenvalue weighted by Gasteiger charge is 2.18. The Morgan fingerprint density at radius 1 is 1.24 bits per heavy atom. The Kier molecular flexibility index (Phi) is 6.96. The maximum Gasteiger partial charge on any atom is 0.253 e. The number of piperidine rings is 1. The van der Waals surface area contributed by atoms with Crippen molar-refractivity contribution >= 4 is 11.7 Å². The first-order chi connectivity index (χ1) is 14.0. The lowest BCUT2D eigenvalue weighted by molar-refractivity contribution is 0.0939. The summed E-state index contributed by atoms with van der Waals surface area (Å²) in [5.74, 6) is 2.94. The summed E-state index contributed by atoms with van der Waals surface area (Å²) in [6.07, 6.45) is 4.04. The van der Waals surface area contributed by atoms with Crippen LogP contribution in [0.3, 0.4) is 0 Å². The second-order valence-electron chi connectivity index (χ2n) is 7.61. The molecule has 0 spiro atoms. The van der Waals surface area contributed by atoms with Gasteiger partial charge in [0.15, 0.2) is 11.5 Å². The van der Waals surface area contributed by atoms with Crippen LogP contribution in [0.4, 0.5) is 5.82 Å². The number of pyridine rings is 1. The molecule has 1 aliphatic rings. The van der Waals surface area contributed by atoms with E-state index in [1.165, 1.54) is 12.8 Å². The predicted molar refractivity (Wildman–Crippen MR) is 115 cm³/mol. The molecule has 1 unspecified atom stereocenters. The third kappa shape index (κ3) is 5.19. The third-order valence-corrected chi connectivity index (χ3v) is 5.45. The summed E-state index contributed by atoms with van der Waals surface area (Å²) in [7, 11) is 1.61. The van der Waals surface area contributed by atoms with E-state index in [1.807, 2.05) is 44.2 Å². The summed E-state index contributed by atoms with van der Waals surface area (Å²) in [5, 5.41) is 3.03. The fraction of sp³-hybridized carbons (Fsp3) is 0.478. The lowest BCUT2D eigenvalue weighted by atomic mass is 9.99. The minimum atomic E-state index is -0.171. The van der Waals surface area contributed by atoms with Gasteiger partial charge in [-0.05, 0) is 62.4 Å². The van der Waals surface area contributed by atoms with Gasteiger partial charge in [-0.15, -0.1) is 0 Å². The molecule has 1 aromatic heterocycles. The fourth-order valence-corrected chi connectivity index (χ4v) is 3.54. The number of nitrogens with zero attached hydrogens (tertiary/aromatic N) is 2. The van der Waals surface area contributed by atoms with Crippen LogP contribution in [0.1, 0.15) is 55.6 Å². The first kappa shape index (κ1) is 21.0. The van der Waals surface area contributed by atoms with Gasteiger partial charge in [0.1, 0.15) is 5.82 Å². The molecule has 2 heterocycles. The smallest absolute Gasteiger partial charge is 0.253 e. The number of carbonyl (C=O) groups excluding carboxylic acids is 1. The van der Waals surface area contributed by atoms with Crippen LogP contribution in [-0.2, 0) is 0 Å². The Hall–Kier alpha value is -2.76. The van der Waals surface area contributed by atoms with Crippen LogP contribution >= 0.6 is 0 Å². The number of benzene rings is 1. The maximum absolute atomic E-state index is 12.7. The molecule has 1 fully saturated rings. The molecule has 1 aromatic carbocycles. The zero-order valence-corrected chi connectivity index (χ0v) is 17.8. The highest BCUT2D eigenvalue weighted by Crippen LogP contribution is 2.30. The molecule has 6 heteroatoms. The van der Waals surface area contributed by atoms with Crippen LogP contribution in [-0.4, -0.2) is 37.7 Å². The predicted octanol–water partition coefficient (Wildman–Crippen LogP) is 4.22. The molecular weight excluding hydrogens is 366 g/mol. The number of ether oxygens (including phenoxy) is 2. The summed E-state index contributed by atoms with van der Waals surface area (Å²) in [5.41, 5.74) is 1.51. The first-order valence-electron chi connectivity index (χ1n) is 10.3. The van der Waals surface area contributed by atoms with E-state index in [-0.39, 0.29) is 11.9 Å². The SMILES string of the molecule is CCOc1ccc(C(C)NC(=O)c2ccc(N3CCC(C)CC3)nc2)cc1OC. The molecule has 1 atom stereocenters. The number of nitrogens with one attached hydrogen (secondary N) is 1. The van der Waals surface area contributed by atoms with E-state index in [9.17, 15) is 4.79 Å². The van der Waals surface area contributed by atoms with E-state index in [0.717, 1.165) is 30.4 Å². The van der Waals surface area contributed by atoms with Gasteiger partial charge in [-0.2, -0.15) is 0 Å². The van der Waals surface area contributed by atoms with Gasteiger partial charge in [-0.1, -0.05) is 13.0 Å². The lowest BCUT2D eigenvalue weighted by Gasteiger charge is -2.31. The van der Waals surface area contributed by atoms with Crippen molar-refractivity contribution in [3.05, 3.63) is 47.7 Å². The van der Waals surface area contributed by atoms with E-state index in [1.54, 1.807) is 13.3 Å². The second-order valence-corrected chi connectivity index (χ2v) is 7.61. The van der Waals surface area contributed by atoms with E-state index < -0.39 is 0 Å². The summed E-state index contributed by atoms with van der Waals surface area (Å²) in [4.78, 5) is 19.5. The van der Waals surface area contributed by atoms with Crippen molar-refractivity contribution in [1.29, 1.82) is 0 Å². The van der Waals surface area contributed by atoms with Crippen LogP contribution in [0.2, 0.25) is 0 Å². The average Bonchev–Trinajstić information content (AvgIpc) is 2.74. The quantitative estimate of drug-likeness (QED) is 0.758. The maximum atomic E-state index is 12.7. The molecular formula is C23H31N3O3. The van der Waals surface area contributed by atoms with E-state index in [4.69, 9.17) is 9.47 Å². The number of hydrogen-bond acceptors (Lipinski definition) is 5. The molecule has 1 amide bonds. The van der Waals surface area contributed by atoms with Gasteiger partial charge in [0.2, 0.25) is 0 Å². The number of rotatable bonds is 7. The standard InChI is InChI=1S/C23H31N3O3/c1-5-29-20-8-6-18(14-21(20)28-4)17(3)25-23(27)19-7-9-22(24-15-19)26-12-10-16(2)11-13-26/h6-9,14-17H,5,10-13H2,1-4H3,(H,25,27). The minimum absolute atomic E-state index is 0.142. The van der Waals surface area contributed by atoms with E-state index >= 15 is 0 Å². The second kappa shape index (κ2) is 9.63. The highest BCUT2D eigenvalue weighted by molar-refractivity contribution is 5.94. The monoisotopic (exact) mass is 397 g/mol. The van der Waals surface area contributed by atoms with Gasteiger partial charge < -0.3 is 19.7 Å². The summed E-state index contributed by atoms with van der Waals surface area (Å²) < 4.78 is 11.0. The van der Waals surface area contributed by atoms with E-state index in [0.29, 0.717) is 23.7 Å². The third-order valence-electron chi connectivity index (χ3n) is 5.45. The van der Waals surface area contributed by atoms with Gasteiger partial charge in [0, 0.05) is 19.3 Å². The van der Waals surface area contributed by atoms with Gasteiger partial charge in [-0.3, -0.25) is 4.79 Å². The Labute approximate surface area is 173 Å². The number of hydrogen-bond donors (Lipinski definition) is 1. The lowest BCUT2D eigenvalue weighted by Crippen LogP contribution is -2.33. The molecule has 3 rings (SSSR count). The van der Waals surface area contributed by atoms with Gasteiger partial charge >= 0.3 is 0 Å². The number of amides is 1. The zero-order valence-electron chi connectivity index (χ0n) is 17.8. The summed E-state index contributed by atoms with van der Waals surface area (Å²) in [6, 6.07) is 9.33.